The summed E-state index contributed by atoms with van der Waals surface area (Å²) >= 11 is 10.1. The smallest absolute Gasteiger partial charge is 0.308 e. The van der Waals surface area contributed by atoms with E-state index in [0.717, 1.165) is 65.1 Å². The standard InChI is InChI=1S/C49H51ClN8O5S2/c1-26-28(3)65-48-40(26)41(53-37(23-39(59)63-8)44-56-55-29(4)58(44)48)32-17-15-31(16-18-32)34-19-20-35(36(50)22-34)45(60)54-43(49(5,6)7)47(62)57-21-9-10-38(57)46(61)51-24-30-11-13-33(14-12-30)42-27(2)52-25-64-42/h11-20,22,25,37-38,43H,9-10,21,23-24H2,1-8H3,(H,51,61)(H,54,60). The van der Waals surface area contributed by atoms with Crippen molar-refractivity contribution in [1.82, 2.24) is 35.3 Å². The van der Waals surface area contributed by atoms with Gasteiger partial charge in [-0.25, -0.2) is 4.98 Å². The molecule has 8 rings (SSSR count). The number of rotatable bonds is 11. The predicted molar refractivity (Wildman–Crippen MR) is 255 cm³/mol. The van der Waals surface area contributed by atoms with Crippen LogP contribution in [0.15, 0.2) is 77.2 Å². The van der Waals surface area contributed by atoms with Crippen molar-refractivity contribution in [3.05, 3.63) is 127 Å². The number of nitrogens with one attached hydrogen (secondary N) is 2. The van der Waals surface area contributed by atoms with Gasteiger partial charge in [0, 0.05) is 29.1 Å². The Morgan fingerprint density at radius 3 is 2.28 bits per heavy atom. The number of aliphatic imine (C=N–C) groups is 1. The zero-order valence-electron chi connectivity index (χ0n) is 37.6. The van der Waals surface area contributed by atoms with Crippen LogP contribution in [0.25, 0.3) is 26.6 Å². The molecular weight excluding hydrogens is 880 g/mol. The van der Waals surface area contributed by atoms with E-state index < -0.39 is 35.4 Å². The topological polar surface area (TPSA) is 161 Å². The lowest BCUT2D eigenvalue weighted by Gasteiger charge is -2.35. The highest BCUT2D eigenvalue weighted by Gasteiger charge is 2.42. The maximum atomic E-state index is 14.3. The molecule has 336 valence electrons. The molecule has 2 aliphatic heterocycles. The second-order valence-electron chi connectivity index (χ2n) is 17.6. The van der Waals surface area contributed by atoms with E-state index in [2.05, 4.69) is 39.7 Å². The molecule has 1 fully saturated rings. The first-order valence-corrected chi connectivity index (χ1v) is 23.6. The van der Waals surface area contributed by atoms with Crippen molar-refractivity contribution < 1.29 is 23.9 Å². The number of hydrogen-bond donors (Lipinski definition) is 2. The van der Waals surface area contributed by atoms with Gasteiger partial charge in [-0.15, -0.1) is 32.9 Å². The zero-order valence-corrected chi connectivity index (χ0v) is 40.0. The molecule has 0 saturated carbocycles. The van der Waals surface area contributed by atoms with Gasteiger partial charge in [0.1, 0.15) is 29.0 Å². The summed E-state index contributed by atoms with van der Waals surface area (Å²) in [5.74, 6) is -0.138. The Morgan fingerprint density at radius 1 is 0.923 bits per heavy atom. The highest BCUT2D eigenvalue weighted by atomic mass is 35.5. The highest BCUT2D eigenvalue weighted by molar-refractivity contribution is 7.15. The number of aryl methyl sites for hydroxylation is 3. The van der Waals surface area contributed by atoms with Crippen LogP contribution in [0, 0.1) is 33.1 Å². The molecule has 3 aromatic carbocycles. The molecule has 0 bridgehead atoms. The van der Waals surface area contributed by atoms with E-state index >= 15 is 0 Å². The normalized spacial score (nSPS) is 16.3. The van der Waals surface area contributed by atoms with E-state index in [1.807, 2.05) is 99.3 Å². The Balaban J connectivity index is 0.967. The molecule has 0 radical (unpaired) electrons. The molecule has 2 N–H and O–H groups in total. The summed E-state index contributed by atoms with van der Waals surface area (Å²) in [6, 6.07) is 19.0. The number of carbonyl (C=O) groups is 4. The number of halogens is 1. The highest BCUT2D eigenvalue weighted by Crippen LogP contribution is 2.40. The minimum Gasteiger partial charge on any atom is -0.469 e. The van der Waals surface area contributed by atoms with E-state index in [1.165, 1.54) is 7.11 Å². The molecule has 3 unspecified atom stereocenters. The average molecular weight is 932 g/mol. The summed E-state index contributed by atoms with van der Waals surface area (Å²) in [7, 11) is 1.36. The minimum atomic E-state index is -0.927. The quantitative estimate of drug-likeness (QED) is 0.122. The Bertz CT molecular complexity index is 2840. The number of benzene rings is 3. The first-order chi connectivity index (χ1) is 31.0. The third-order valence-electron chi connectivity index (χ3n) is 12.2. The van der Waals surface area contributed by atoms with Crippen LogP contribution < -0.4 is 10.6 Å². The van der Waals surface area contributed by atoms with Crippen molar-refractivity contribution >= 4 is 63.7 Å². The van der Waals surface area contributed by atoms with Crippen molar-refractivity contribution in [3.8, 4) is 26.6 Å². The van der Waals surface area contributed by atoms with Gasteiger partial charge in [-0.2, -0.15) is 0 Å². The number of carbonyl (C=O) groups excluding carboxylic acids is 4. The molecule has 65 heavy (non-hydrogen) atoms. The summed E-state index contributed by atoms with van der Waals surface area (Å²) in [4.78, 5) is 67.8. The number of fused-ring (bicyclic) bond motifs is 3. The molecule has 16 heteroatoms. The van der Waals surface area contributed by atoms with Crippen molar-refractivity contribution in [3.63, 3.8) is 0 Å². The lowest BCUT2D eigenvalue weighted by Crippen LogP contribution is -2.57. The molecule has 3 atom stereocenters. The molecular formula is C49H51ClN8O5S2. The first kappa shape index (κ1) is 45.5. The summed E-state index contributed by atoms with van der Waals surface area (Å²) in [5, 5.41) is 16.0. The van der Waals surface area contributed by atoms with Gasteiger partial charge in [0.15, 0.2) is 5.82 Å². The second-order valence-corrected chi connectivity index (χ2v) is 20.1. The van der Waals surface area contributed by atoms with Gasteiger partial charge in [-0.1, -0.05) is 87.0 Å². The number of nitrogens with zero attached hydrogens (tertiary/aromatic N) is 6. The van der Waals surface area contributed by atoms with Gasteiger partial charge in [0.25, 0.3) is 5.91 Å². The predicted octanol–water partition coefficient (Wildman–Crippen LogP) is 8.91. The molecule has 3 amide bonds. The molecule has 5 heterocycles. The van der Waals surface area contributed by atoms with Crippen LogP contribution in [0.1, 0.15) is 101 Å². The summed E-state index contributed by atoms with van der Waals surface area (Å²) in [6.07, 6.45) is 1.21. The van der Waals surface area contributed by atoms with E-state index in [9.17, 15) is 19.2 Å². The number of amides is 3. The second kappa shape index (κ2) is 18.5. The number of thiophene rings is 1. The SMILES string of the molecule is COC(=O)CC1N=C(c2ccc(-c3ccc(C(=O)NC(C(=O)N4CCCC4C(=O)NCc4ccc(-c5scnc5C)cc4)C(C)(C)C)c(Cl)c3)cc2)c2c(sc(C)c2C)-n2c(C)nnc21. The van der Waals surface area contributed by atoms with E-state index in [0.29, 0.717) is 37.6 Å². The number of aromatic nitrogens is 4. The molecule has 2 aliphatic rings. The number of likely N-dealkylation sites (tertiary alicyclic amines) is 1. The number of esters is 1. The molecule has 3 aromatic heterocycles. The first-order valence-electron chi connectivity index (χ1n) is 21.5. The van der Waals surface area contributed by atoms with Crippen molar-refractivity contribution in [1.29, 1.82) is 0 Å². The fraction of sp³-hybridized carbons (Fsp3) is 0.347. The number of ether oxygens (including phenoxy) is 1. The van der Waals surface area contributed by atoms with Gasteiger partial charge < -0.3 is 20.3 Å². The third kappa shape index (κ3) is 9.14. The van der Waals surface area contributed by atoms with Crippen LogP contribution >= 0.6 is 34.3 Å². The number of methoxy groups -OCH3 is 1. The van der Waals surface area contributed by atoms with Crippen LogP contribution in [-0.4, -0.2) is 79.8 Å². The van der Waals surface area contributed by atoms with Gasteiger partial charge in [0.2, 0.25) is 11.8 Å². The van der Waals surface area contributed by atoms with Crippen molar-refractivity contribution in [2.45, 2.75) is 92.4 Å². The van der Waals surface area contributed by atoms with Crippen molar-refractivity contribution in [2.24, 2.45) is 10.4 Å². The van der Waals surface area contributed by atoms with Crippen LogP contribution in [0.3, 0.4) is 0 Å². The lowest BCUT2D eigenvalue weighted by atomic mass is 9.85. The van der Waals surface area contributed by atoms with E-state index in [4.69, 9.17) is 21.3 Å². The summed E-state index contributed by atoms with van der Waals surface area (Å²) in [5.41, 5.74) is 9.67. The number of thiazole rings is 1. The fourth-order valence-electron chi connectivity index (χ4n) is 8.45. The molecule has 0 spiro atoms. The van der Waals surface area contributed by atoms with E-state index in [-0.39, 0.29) is 28.8 Å². The van der Waals surface area contributed by atoms with E-state index in [1.54, 1.807) is 39.7 Å². The Kier molecular flexibility index (Phi) is 12.9. The number of hydrogen-bond acceptors (Lipinski definition) is 11. The third-order valence-corrected chi connectivity index (χ3v) is 14.7. The monoisotopic (exact) mass is 930 g/mol. The maximum Gasteiger partial charge on any atom is 0.308 e. The van der Waals surface area contributed by atoms with Gasteiger partial charge in [-0.3, -0.25) is 28.7 Å². The Labute approximate surface area is 391 Å². The van der Waals surface area contributed by atoms with Crippen LogP contribution in [-0.2, 0) is 25.7 Å². The van der Waals surface area contributed by atoms with Crippen LogP contribution in [0.5, 0.6) is 0 Å². The molecule has 13 nitrogen and oxygen atoms in total. The van der Waals surface area contributed by atoms with Crippen LogP contribution in [0.4, 0.5) is 0 Å². The van der Waals surface area contributed by atoms with Gasteiger partial charge in [0.05, 0.1) is 45.9 Å². The molecule has 0 aliphatic carbocycles. The van der Waals surface area contributed by atoms with Gasteiger partial charge in [-0.05, 0) is 85.9 Å². The zero-order chi connectivity index (χ0) is 46.3. The van der Waals surface area contributed by atoms with Gasteiger partial charge >= 0.3 is 5.97 Å². The van der Waals surface area contributed by atoms with Crippen LogP contribution in [0.2, 0.25) is 5.02 Å². The Hall–Kier alpha value is -6.03. The summed E-state index contributed by atoms with van der Waals surface area (Å²) in [6.45, 7) is 14.4. The molecule has 1 saturated heterocycles. The molecule has 6 aromatic rings. The Morgan fingerprint density at radius 2 is 1.62 bits per heavy atom. The lowest BCUT2D eigenvalue weighted by molar-refractivity contribution is -0.142. The fourth-order valence-corrected chi connectivity index (χ4v) is 10.7. The average Bonchev–Trinajstić information content (AvgIpc) is 4.08. The van der Waals surface area contributed by atoms with Crippen molar-refractivity contribution in [2.75, 3.05) is 13.7 Å². The summed E-state index contributed by atoms with van der Waals surface area (Å²) < 4.78 is 7.03. The largest absolute Gasteiger partial charge is 0.469 e. The maximum absolute atomic E-state index is 14.3. The minimum absolute atomic E-state index is 0.00771.